The molecule has 1 amide bonds. The molecule has 5 nitrogen and oxygen atoms in total. The van der Waals surface area contributed by atoms with Gasteiger partial charge in [0.15, 0.2) is 10.3 Å². The summed E-state index contributed by atoms with van der Waals surface area (Å²) in [6.07, 6.45) is 3.46. The molecule has 1 aromatic carbocycles. The van der Waals surface area contributed by atoms with Crippen LogP contribution in [0.1, 0.15) is 19.4 Å². The summed E-state index contributed by atoms with van der Waals surface area (Å²) in [7, 11) is 0. The summed E-state index contributed by atoms with van der Waals surface area (Å²) >= 11 is 7.41. The molecule has 7 heteroatoms. The molecule has 1 aromatic heterocycles. The molecule has 2 heterocycles. The summed E-state index contributed by atoms with van der Waals surface area (Å²) in [5.41, 5.74) is 1.48. The van der Waals surface area contributed by atoms with Gasteiger partial charge in [-0.3, -0.25) is 9.69 Å². The number of amidine groups is 1. The van der Waals surface area contributed by atoms with E-state index in [1.54, 1.807) is 23.2 Å². The molecular formula is C19H18ClN3O2S. The number of rotatable bonds is 5. The lowest BCUT2D eigenvalue weighted by molar-refractivity contribution is -0.122. The number of pyridine rings is 1. The van der Waals surface area contributed by atoms with Crippen molar-refractivity contribution in [2.24, 2.45) is 4.99 Å². The molecule has 0 aliphatic carbocycles. The molecule has 0 bridgehead atoms. The first-order valence-electron chi connectivity index (χ1n) is 8.25. The zero-order valence-corrected chi connectivity index (χ0v) is 16.0. The van der Waals surface area contributed by atoms with Gasteiger partial charge in [-0.05, 0) is 61.5 Å². The molecule has 1 fully saturated rings. The average Bonchev–Trinajstić information content (AvgIpc) is 2.93. The van der Waals surface area contributed by atoms with Gasteiger partial charge in [0, 0.05) is 12.7 Å². The number of ether oxygens (including phenoxy) is 1. The maximum Gasteiger partial charge on any atom is 0.266 e. The Kier molecular flexibility index (Phi) is 5.96. The van der Waals surface area contributed by atoms with Gasteiger partial charge in [0.05, 0.1) is 11.5 Å². The van der Waals surface area contributed by atoms with Gasteiger partial charge >= 0.3 is 0 Å². The van der Waals surface area contributed by atoms with Crippen molar-refractivity contribution < 1.29 is 9.53 Å². The number of nitrogens with zero attached hydrogens (tertiary/aromatic N) is 3. The minimum Gasteiger partial charge on any atom is -0.494 e. The van der Waals surface area contributed by atoms with Crippen molar-refractivity contribution in [2.45, 2.75) is 13.8 Å². The first kappa shape index (κ1) is 18.5. The predicted molar refractivity (Wildman–Crippen MR) is 107 cm³/mol. The number of benzene rings is 1. The number of aromatic nitrogens is 1. The van der Waals surface area contributed by atoms with E-state index < -0.39 is 0 Å². The molecule has 0 atom stereocenters. The van der Waals surface area contributed by atoms with E-state index in [2.05, 4.69) is 9.98 Å². The number of carbonyl (C=O) groups excluding carboxylic acids is 1. The van der Waals surface area contributed by atoms with Crippen LogP contribution >= 0.6 is 23.4 Å². The quantitative estimate of drug-likeness (QED) is 0.548. The molecule has 134 valence electrons. The van der Waals surface area contributed by atoms with Crippen molar-refractivity contribution in [3.8, 4) is 5.75 Å². The highest BCUT2D eigenvalue weighted by Crippen LogP contribution is 2.35. The van der Waals surface area contributed by atoms with Crippen LogP contribution in [0.2, 0.25) is 5.15 Å². The van der Waals surface area contributed by atoms with Crippen molar-refractivity contribution in [3.63, 3.8) is 0 Å². The largest absolute Gasteiger partial charge is 0.494 e. The molecular weight excluding hydrogens is 370 g/mol. The van der Waals surface area contributed by atoms with Crippen LogP contribution in [0, 0.1) is 0 Å². The Labute approximate surface area is 161 Å². The van der Waals surface area contributed by atoms with E-state index in [1.165, 1.54) is 11.8 Å². The second-order valence-electron chi connectivity index (χ2n) is 5.37. The maximum absolute atomic E-state index is 12.7. The SMILES string of the molecule is CCOc1ccc(/C=C2\SC(=Nc3cccnc3Cl)N(CC)C2=O)cc1. The standard InChI is InChI=1S/C19H18ClN3O2S/c1-3-23-18(24)16(12-13-7-9-14(10-8-13)25-4-2)26-19(23)22-15-6-5-11-21-17(15)20/h5-12H,3-4H2,1-2H3/b16-12-,22-19?. The van der Waals surface area contributed by atoms with Crippen LogP contribution in [0.3, 0.4) is 0 Å². The Bertz CT molecular complexity index is 865. The molecule has 1 aliphatic rings. The fourth-order valence-electron chi connectivity index (χ4n) is 2.41. The van der Waals surface area contributed by atoms with E-state index in [0.29, 0.717) is 34.1 Å². The lowest BCUT2D eigenvalue weighted by atomic mass is 10.2. The van der Waals surface area contributed by atoms with Crippen molar-refractivity contribution >= 4 is 46.2 Å². The van der Waals surface area contributed by atoms with Crippen LogP contribution in [-0.4, -0.2) is 34.1 Å². The molecule has 0 spiro atoms. The van der Waals surface area contributed by atoms with Crippen molar-refractivity contribution in [2.75, 3.05) is 13.2 Å². The fourth-order valence-corrected chi connectivity index (χ4v) is 3.63. The van der Waals surface area contributed by atoms with Gasteiger partial charge in [0.25, 0.3) is 5.91 Å². The fraction of sp³-hybridized carbons (Fsp3) is 0.211. The van der Waals surface area contributed by atoms with Gasteiger partial charge in [0.2, 0.25) is 0 Å². The van der Waals surface area contributed by atoms with Gasteiger partial charge in [-0.15, -0.1) is 0 Å². The Balaban J connectivity index is 1.88. The molecule has 3 rings (SSSR count). The van der Waals surface area contributed by atoms with Gasteiger partial charge < -0.3 is 4.74 Å². The Morgan fingerprint density at radius 2 is 2.04 bits per heavy atom. The van der Waals surface area contributed by atoms with Crippen LogP contribution < -0.4 is 4.74 Å². The van der Waals surface area contributed by atoms with Gasteiger partial charge in [-0.1, -0.05) is 23.7 Å². The van der Waals surface area contributed by atoms with Crippen molar-refractivity contribution in [1.29, 1.82) is 0 Å². The molecule has 0 radical (unpaired) electrons. The Hall–Kier alpha value is -2.31. The van der Waals surface area contributed by atoms with E-state index >= 15 is 0 Å². The van der Waals surface area contributed by atoms with Crippen LogP contribution in [0.5, 0.6) is 5.75 Å². The second kappa shape index (κ2) is 8.38. The monoisotopic (exact) mass is 387 g/mol. The highest BCUT2D eigenvalue weighted by molar-refractivity contribution is 8.18. The lowest BCUT2D eigenvalue weighted by Gasteiger charge is -2.12. The highest BCUT2D eigenvalue weighted by Gasteiger charge is 2.32. The zero-order valence-electron chi connectivity index (χ0n) is 14.5. The maximum atomic E-state index is 12.7. The molecule has 0 saturated carbocycles. The number of carbonyl (C=O) groups is 1. The van der Waals surface area contributed by atoms with E-state index in [1.807, 2.05) is 44.2 Å². The van der Waals surface area contributed by atoms with Crippen LogP contribution in [0.15, 0.2) is 52.5 Å². The minimum absolute atomic E-state index is 0.0647. The first-order chi connectivity index (χ1) is 12.6. The van der Waals surface area contributed by atoms with E-state index in [0.717, 1.165) is 11.3 Å². The summed E-state index contributed by atoms with van der Waals surface area (Å²) < 4.78 is 5.44. The zero-order chi connectivity index (χ0) is 18.5. The third kappa shape index (κ3) is 4.08. The number of halogens is 1. The molecule has 1 aliphatic heterocycles. The Morgan fingerprint density at radius 1 is 1.27 bits per heavy atom. The van der Waals surface area contributed by atoms with E-state index in [9.17, 15) is 4.79 Å². The highest BCUT2D eigenvalue weighted by atomic mass is 35.5. The molecule has 26 heavy (non-hydrogen) atoms. The predicted octanol–water partition coefficient (Wildman–Crippen LogP) is 4.76. The number of hydrogen-bond donors (Lipinski definition) is 0. The van der Waals surface area contributed by atoms with Crippen LogP contribution in [-0.2, 0) is 4.79 Å². The third-order valence-corrected chi connectivity index (χ3v) is 4.95. The molecule has 0 N–H and O–H groups in total. The van der Waals surface area contributed by atoms with Gasteiger partial charge in [0.1, 0.15) is 11.4 Å². The van der Waals surface area contributed by atoms with E-state index in [4.69, 9.17) is 16.3 Å². The first-order valence-corrected chi connectivity index (χ1v) is 9.45. The van der Waals surface area contributed by atoms with Crippen molar-refractivity contribution in [3.05, 3.63) is 58.2 Å². The number of thioether (sulfide) groups is 1. The number of aliphatic imine (C=N–C) groups is 1. The van der Waals surface area contributed by atoms with Crippen LogP contribution in [0.4, 0.5) is 5.69 Å². The number of hydrogen-bond acceptors (Lipinski definition) is 5. The summed E-state index contributed by atoms with van der Waals surface area (Å²) in [5, 5.41) is 0.914. The van der Waals surface area contributed by atoms with Gasteiger partial charge in [-0.25, -0.2) is 9.98 Å². The molecule has 2 aromatic rings. The summed E-state index contributed by atoms with van der Waals surface area (Å²) in [4.78, 5) is 23.5. The minimum atomic E-state index is -0.0647. The lowest BCUT2D eigenvalue weighted by Crippen LogP contribution is -2.28. The summed E-state index contributed by atoms with van der Waals surface area (Å²) in [6.45, 7) is 5.01. The van der Waals surface area contributed by atoms with Gasteiger partial charge in [-0.2, -0.15) is 0 Å². The van der Waals surface area contributed by atoms with E-state index in [-0.39, 0.29) is 5.91 Å². The molecule has 1 saturated heterocycles. The normalized spacial score (nSPS) is 17.3. The average molecular weight is 388 g/mol. The summed E-state index contributed by atoms with van der Waals surface area (Å²) in [6, 6.07) is 11.2. The number of amides is 1. The van der Waals surface area contributed by atoms with Crippen LogP contribution in [0.25, 0.3) is 6.08 Å². The van der Waals surface area contributed by atoms with Crippen molar-refractivity contribution in [1.82, 2.24) is 9.88 Å². The number of likely N-dealkylation sites (N-methyl/N-ethyl adjacent to an activating group) is 1. The Morgan fingerprint density at radius 3 is 2.69 bits per heavy atom. The summed E-state index contributed by atoms with van der Waals surface area (Å²) in [5.74, 6) is 0.744. The second-order valence-corrected chi connectivity index (χ2v) is 6.74. The smallest absolute Gasteiger partial charge is 0.266 e. The third-order valence-electron chi connectivity index (χ3n) is 3.65. The molecule has 0 unspecified atom stereocenters. The topological polar surface area (TPSA) is 54.8 Å².